The molecule has 0 aliphatic rings. The molecule has 2 aromatic rings. The minimum atomic E-state index is -0.772. The number of hydrogen-bond donors (Lipinski definition) is 2. The quantitative estimate of drug-likeness (QED) is 0.383. The van der Waals surface area contributed by atoms with Crippen LogP contribution in [0.3, 0.4) is 0 Å². The highest BCUT2D eigenvalue weighted by molar-refractivity contribution is 5.67. The van der Waals surface area contributed by atoms with Crippen molar-refractivity contribution in [3.8, 4) is 11.5 Å². The van der Waals surface area contributed by atoms with Gasteiger partial charge in [-0.3, -0.25) is 0 Å². The second-order valence-electron chi connectivity index (χ2n) is 6.10. The molecule has 2 aromatic carbocycles. The van der Waals surface area contributed by atoms with Gasteiger partial charge in [0.2, 0.25) is 0 Å². The van der Waals surface area contributed by atoms with Gasteiger partial charge in [-0.15, -0.1) is 0 Å². The van der Waals surface area contributed by atoms with Crippen LogP contribution in [0.15, 0.2) is 48.5 Å². The molecule has 0 saturated heterocycles. The summed E-state index contributed by atoms with van der Waals surface area (Å²) in [5.41, 5.74) is 2.27. The summed E-state index contributed by atoms with van der Waals surface area (Å²) in [4.78, 5) is 11.9. The number of hydrogen-bond acceptors (Lipinski definition) is 5. The zero-order chi connectivity index (χ0) is 18.6. The first-order valence-electron chi connectivity index (χ1n) is 9.00. The number of aliphatic hydroxyl groups excluding tert-OH is 2. The Bertz CT molecular complexity index is 592. The molecule has 0 aliphatic carbocycles. The second kappa shape index (κ2) is 11.3. The molecule has 2 rings (SSSR count). The van der Waals surface area contributed by atoms with Crippen LogP contribution in [0.1, 0.15) is 36.8 Å². The predicted molar refractivity (Wildman–Crippen MR) is 99.6 cm³/mol. The molecule has 0 heterocycles. The number of unbranched alkanes of at least 4 members (excludes halogenated alkanes) is 2. The molecule has 5 heteroatoms. The van der Waals surface area contributed by atoms with E-state index in [2.05, 4.69) is 0 Å². The highest BCUT2D eigenvalue weighted by Gasteiger charge is 2.08. The molecule has 0 atom stereocenters. The first-order valence-corrected chi connectivity index (χ1v) is 9.00. The normalized spacial score (nSPS) is 10.5. The molecular weight excluding hydrogens is 332 g/mol. The van der Waals surface area contributed by atoms with E-state index in [1.807, 2.05) is 24.3 Å². The summed E-state index contributed by atoms with van der Waals surface area (Å²) in [7, 11) is 0. The third-order valence-electron chi connectivity index (χ3n) is 4.00. The van der Waals surface area contributed by atoms with Gasteiger partial charge in [0.15, 0.2) is 0 Å². The van der Waals surface area contributed by atoms with E-state index in [1.54, 1.807) is 24.3 Å². The average molecular weight is 358 g/mol. The fourth-order valence-corrected chi connectivity index (χ4v) is 2.54. The zero-order valence-corrected chi connectivity index (χ0v) is 14.9. The summed E-state index contributed by atoms with van der Waals surface area (Å²) in [5.74, 6) is 0.864. The standard InChI is InChI=1S/C21H26O5/c22-15-3-1-5-17-7-11-19(12-8-17)25-21(24)26-20-13-9-18(10-14-20)6-2-4-16-23/h7-14,22-23H,1-6,15-16H2. The molecule has 140 valence electrons. The highest BCUT2D eigenvalue weighted by Crippen LogP contribution is 2.17. The average Bonchev–Trinajstić information content (AvgIpc) is 2.65. The van der Waals surface area contributed by atoms with Gasteiger partial charge in [-0.25, -0.2) is 4.79 Å². The number of carbonyl (C=O) groups excluding carboxylic acids is 1. The van der Waals surface area contributed by atoms with Crippen molar-refractivity contribution in [1.29, 1.82) is 0 Å². The molecule has 0 fully saturated rings. The van der Waals surface area contributed by atoms with E-state index in [-0.39, 0.29) is 13.2 Å². The largest absolute Gasteiger partial charge is 0.519 e. The fraction of sp³-hybridized carbons (Fsp3) is 0.381. The van der Waals surface area contributed by atoms with Crippen LogP contribution in [0.25, 0.3) is 0 Å². The summed E-state index contributed by atoms with van der Waals surface area (Å²) in [5, 5.41) is 17.6. The predicted octanol–water partition coefficient (Wildman–Crippen LogP) is 3.89. The topological polar surface area (TPSA) is 76.0 Å². The maximum absolute atomic E-state index is 11.9. The van der Waals surface area contributed by atoms with Gasteiger partial charge in [0.05, 0.1) is 0 Å². The van der Waals surface area contributed by atoms with E-state index in [0.717, 1.165) is 49.7 Å². The number of benzene rings is 2. The Balaban J connectivity index is 1.78. The van der Waals surface area contributed by atoms with Crippen LogP contribution in [0.5, 0.6) is 11.5 Å². The van der Waals surface area contributed by atoms with E-state index in [0.29, 0.717) is 11.5 Å². The Kier molecular flexibility index (Phi) is 8.66. The minimum Gasteiger partial charge on any atom is -0.396 e. The second-order valence-corrected chi connectivity index (χ2v) is 6.10. The molecule has 0 radical (unpaired) electrons. The van der Waals surface area contributed by atoms with Gasteiger partial charge in [0.1, 0.15) is 11.5 Å². The van der Waals surface area contributed by atoms with Gasteiger partial charge in [0.25, 0.3) is 0 Å². The molecule has 26 heavy (non-hydrogen) atoms. The molecule has 0 amide bonds. The van der Waals surface area contributed by atoms with Gasteiger partial charge in [-0.1, -0.05) is 24.3 Å². The fourth-order valence-electron chi connectivity index (χ4n) is 2.54. The highest BCUT2D eigenvalue weighted by atomic mass is 16.7. The van der Waals surface area contributed by atoms with E-state index in [9.17, 15) is 4.79 Å². The van der Waals surface area contributed by atoms with Crippen LogP contribution in [0.4, 0.5) is 4.79 Å². The van der Waals surface area contributed by atoms with Crippen molar-refractivity contribution in [1.82, 2.24) is 0 Å². The van der Waals surface area contributed by atoms with Crippen LogP contribution in [-0.4, -0.2) is 29.6 Å². The van der Waals surface area contributed by atoms with Crippen LogP contribution in [0, 0.1) is 0 Å². The third-order valence-corrected chi connectivity index (χ3v) is 4.00. The van der Waals surface area contributed by atoms with Crippen molar-refractivity contribution in [2.24, 2.45) is 0 Å². The lowest BCUT2D eigenvalue weighted by molar-refractivity contribution is 0.152. The minimum absolute atomic E-state index is 0.205. The van der Waals surface area contributed by atoms with Gasteiger partial charge in [-0.05, 0) is 73.9 Å². The molecule has 0 spiro atoms. The van der Waals surface area contributed by atoms with Crippen LogP contribution in [-0.2, 0) is 12.8 Å². The Morgan fingerprint density at radius 1 is 0.654 bits per heavy atom. The van der Waals surface area contributed by atoms with Crippen molar-refractivity contribution in [3.05, 3.63) is 59.7 Å². The van der Waals surface area contributed by atoms with Crippen molar-refractivity contribution >= 4 is 6.16 Å². The lowest BCUT2D eigenvalue weighted by Crippen LogP contribution is -2.13. The SMILES string of the molecule is O=C(Oc1ccc(CCCCO)cc1)Oc1ccc(CCCCO)cc1. The number of ether oxygens (including phenoxy) is 2. The maximum Gasteiger partial charge on any atom is 0.519 e. The third kappa shape index (κ3) is 7.25. The Morgan fingerprint density at radius 2 is 1.04 bits per heavy atom. The number of aliphatic hydroxyl groups is 2. The molecule has 0 saturated carbocycles. The summed E-state index contributed by atoms with van der Waals surface area (Å²) < 4.78 is 10.4. The summed E-state index contributed by atoms with van der Waals surface area (Å²) in [6, 6.07) is 14.6. The molecule has 0 bridgehead atoms. The Morgan fingerprint density at radius 3 is 1.38 bits per heavy atom. The molecule has 0 unspecified atom stereocenters. The van der Waals surface area contributed by atoms with Crippen LogP contribution < -0.4 is 9.47 Å². The Labute approximate surface area is 154 Å². The smallest absolute Gasteiger partial charge is 0.396 e. The first kappa shape index (κ1) is 19.9. The monoisotopic (exact) mass is 358 g/mol. The molecule has 0 aliphatic heterocycles. The maximum atomic E-state index is 11.9. The number of aryl methyl sites for hydroxylation is 2. The zero-order valence-electron chi connectivity index (χ0n) is 14.9. The molecule has 0 aromatic heterocycles. The first-order chi connectivity index (χ1) is 12.7. The van der Waals surface area contributed by atoms with Gasteiger partial charge in [-0.2, -0.15) is 0 Å². The van der Waals surface area contributed by atoms with Crippen molar-refractivity contribution in [3.63, 3.8) is 0 Å². The summed E-state index contributed by atoms with van der Waals surface area (Å²) >= 11 is 0. The van der Waals surface area contributed by atoms with Gasteiger partial charge in [0, 0.05) is 13.2 Å². The molecule has 5 nitrogen and oxygen atoms in total. The van der Waals surface area contributed by atoms with Gasteiger partial charge < -0.3 is 19.7 Å². The van der Waals surface area contributed by atoms with Crippen molar-refractivity contribution < 1.29 is 24.5 Å². The summed E-state index contributed by atoms with van der Waals surface area (Å²) in [6.07, 6.45) is 4.41. The lowest BCUT2D eigenvalue weighted by Gasteiger charge is -2.07. The Hall–Kier alpha value is -2.37. The lowest BCUT2D eigenvalue weighted by atomic mass is 10.1. The van der Waals surface area contributed by atoms with E-state index < -0.39 is 6.16 Å². The van der Waals surface area contributed by atoms with E-state index >= 15 is 0 Å². The van der Waals surface area contributed by atoms with Crippen LogP contribution in [0.2, 0.25) is 0 Å². The van der Waals surface area contributed by atoms with Crippen molar-refractivity contribution in [2.45, 2.75) is 38.5 Å². The number of carbonyl (C=O) groups is 1. The van der Waals surface area contributed by atoms with Gasteiger partial charge >= 0.3 is 6.16 Å². The van der Waals surface area contributed by atoms with E-state index in [1.165, 1.54) is 0 Å². The molecular formula is C21H26O5. The summed E-state index contributed by atoms with van der Waals surface area (Å²) in [6.45, 7) is 0.410. The van der Waals surface area contributed by atoms with Crippen molar-refractivity contribution in [2.75, 3.05) is 13.2 Å². The number of rotatable bonds is 10. The van der Waals surface area contributed by atoms with E-state index in [4.69, 9.17) is 19.7 Å². The molecule has 2 N–H and O–H groups in total. The van der Waals surface area contributed by atoms with Crippen LogP contribution >= 0.6 is 0 Å².